The second kappa shape index (κ2) is 3.76. The van der Waals surface area contributed by atoms with E-state index in [0.29, 0.717) is 17.7 Å². The first-order valence-corrected chi connectivity index (χ1v) is 6.05. The van der Waals surface area contributed by atoms with Gasteiger partial charge in [0.25, 0.3) is 0 Å². The molecule has 0 amide bonds. The molecule has 0 fully saturated rings. The van der Waals surface area contributed by atoms with Crippen molar-refractivity contribution in [2.24, 2.45) is 0 Å². The van der Waals surface area contributed by atoms with E-state index in [1.165, 1.54) is 0 Å². The second-order valence-electron chi connectivity index (χ2n) is 3.75. The fraction of sp³-hybridized carbons (Fsp3) is 0.154. The Labute approximate surface area is 97.5 Å². The van der Waals surface area contributed by atoms with Crippen LogP contribution in [0.2, 0.25) is 0 Å². The summed E-state index contributed by atoms with van der Waals surface area (Å²) in [5, 5.41) is 2.00. The van der Waals surface area contributed by atoms with E-state index in [1.54, 1.807) is 11.3 Å². The van der Waals surface area contributed by atoms with Crippen LogP contribution >= 0.6 is 11.3 Å². The van der Waals surface area contributed by atoms with Gasteiger partial charge in [0.1, 0.15) is 11.9 Å². The van der Waals surface area contributed by atoms with E-state index in [4.69, 9.17) is 4.74 Å². The summed E-state index contributed by atoms with van der Waals surface area (Å²) in [4.78, 5) is 13.0. The molecule has 1 aliphatic rings. The van der Waals surface area contributed by atoms with Crippen molar-refractivity contribution < 1.29 is 9.53 Å². The van der Waals surface area contributed by atoms with Gasteiger partial charge in [0.05, 0.1) is 12.0 Å². The van der Waals surface area contributed by atoms with Crippen molar-refractivity contribution in [2.45, 2.75) is 12.5 Å². The lowest BCUT2D eigenvalue weighted by Crippen LogP contribution is -2.19. The highest BCUT2D eigenvalue weighted by molar-refractivity contribution is 7.10. The van der Waals surface area contributed by atoms with E-state index in [0.717, 1.165) is 4.88 Å². The summed E-state index contributed by atoms with van der Waals surface area (Å²) in [5.41, 5.74) is 0.704. The Morgan fingerprint density at radius 3 is 2.88 bits per heavy atom. The van der Waals surface area contributed by atoms with Gasteiger partial charge in [0.2, 0.25) is 0 Å². The van der Waals surface area contributed by atoms with Gasteiger partial charge in [-0.3, -0.25) is 4.79 Å². The third kappa shape index (κ3) is 1.53. The van der Waals surface area contributed by atoms with E-state index in [9.17, 15) is 4.79 Å². The van der Waals surface area contributed by atoms with Crippen molar-refractivity contribution in [2.75, 3.05) is 0 Å². The van der Waals surface area contributed by atoms with E-state index in [1.807, 2.05) is 41.8 Å². The molecule has 1 aromatic carbocycles. The number of hydrogen-bond donors (Lipinski definition) is 0. The number of benzene rings is 1. The zero-order valence-corrected chi connectivity index (χ0v) is 9.37. The van der Waals surface area contributed by atoms with Crippen molar-refractivity contribution in [3.05, 3.63) is 52.2 Å². The Bertz CT molecular complexity index is 516. The van der Waals surface area contributed by atoms with Crippen molar-refractivity contribution in [3.63, 3.8) is 0 Å². The highest BCUT2D eigenvalue weighted by atomic mass is 32.1. The van der Waals surface area contributed by atoms with Crippen LogP contribution in [0.4, 0.5) is 0 Å². The molecule has 1 aromatic heterocycles. The molecule has 0 bridgehead atoms. The number of hydrogen-bond acceptors (Lipinski definition) is 3. The standard InChI is InChI=1S/C13H10O2S/c14-10-8-12(13-6-3-7-16-13)15-11-5-2-1-4-9(10)11/h1-7,12H,8H2/t12-/m0/s1. The van der Waals surface area contributed by atoms with E-state index >= 15 is 0 Å². The Morgan fingerprint density at radius 1 is 1.19 bits per heavy atom. The first-order chi connectivity index (χ1) is 7.84. The van der Waals surface area contributed by atoms with Gasteiger partial charge in [-0.2, -0.15) is 0 Å². The van der Waals surface area contributed by atoms with Gasteiger partial charge in [-0.05, 0) is 23.6 Å². The fourth-order valence-electron chi connectivity index (χ4n) is 1.91. The van der Waals surface area contributed by atoms with Crippen LogP contribution < -0.4 is 4.74 Å². The van der Waals surface area contributed by atoms with Crippen LogP contribution in [0.3, 0.4) is 0 Å². The third-order valence-electron chi connectivity index (χ3n) is 2.69. The number of Topliss-reactive ketones (excluding diaryl/α,β-unsaturated/α-hetero) is 1. The number of rotatable bonds is 1. The summed E-state index contributed by atoms with van der Waals surface area (Å²) in [7, 11) is 0. The average Bonchev–Trinajstić information content (AvgIpc) is 2.82. The molecule has 3 heteroatoms. The van der Waals surface area contributed by atoms with Crippen molar-refractivity contribution in [1.29, 1.82) is 0 Å². The maximum atomic E-state index is 11.9. The monoisotopic (exact) mass is 230 g/mol. The van der Waals surface area contributed by atoms with Crippen LogP contribution in [0.25, 0.3) is 0 Å². The van der Waals surface area contributed by atoms with Crippen LogP contribution in [0.5, 0.6) is 5.75 Å². The zero-order valence-electron chi connectivity index (χ0n) is 8.55. The molecule has 80 valence electrons. The smallest absolute Gasteiger partial charge is 0.170 e. The molecule has 2 nitrogen and oxygen atoms in total. The minimum atomic E-state index is -0.109. The SMILES string of the molecule is O=C1C[C@@H](c2cccs2)Oc2ccccc21. The quantitative estimate of drug-likeness (QED) is 0.750. The lowest BCUT2D eigenvalue weighted by Gasteiger charge is -2.24. The number of ketones is 1. The molecule has 2 aromatic rings. The Morgan fingerprint density at radius 2 is 2.06 bits per heavy atom. The molecule has 0 N–H and O–H groups in total. The maximum Gasteiger partial charge on any atom is 0.170 e. The zero-order chi connectivity index (χ0) is 11.0. The number of carbonyl (C=O) groups excluding carboxylic acids is 1. The van der Waals surface area contributed by atoms with Crippen LogP contribution in [-0.4, -0.2) is 5.78 Å². The van der Waals surface area contributed by atoms with Crippen molar-refractivity contribution in [3.8, 4) is 5.75 Å². The van der Waals surface area contributed by atoms with E-state index in [-0.39, 0.29) is 11.9 Å². The third-order valence-corrected chi connectivity index (χ3v) is 3.65. The summed E-state index contributed by atoms with van der Waals surface area (Å²) >= 11 is 1.63. The molecule has 0 saturated heterocycles. The Balaban J connectivity index is 1.98. The molecule has 0 spiro atoms. The fourth-order valence-corrected chi connectivity index (χ4v) is 2.66. The number of carbonyl (C=O) groups is 1. The van der Waals surface area contributed by atoms with Gasteiger partial charge >= 0.3 is 0 Å². The Kier molecular flexibility index (Phi) is 2.26. The maximum absolute atomic E-state index is 11.9. The normalized spacial score (nSPS) is 19.0. The average molecular weight is 230 g/mol. The molecule has 0 aliphatic carbocycles. The molecule has 1 atom stereocenters. The number of thiophene rings is 1. The predicted octanol–water partition coefficient (Wildman–Crippen LogP) is 3.45. The molecule has 0 radical (unpaired) electrons. The lowest BCUT2D eigenvalue weighted by atomic mass is 10.00. The summed E-state index contributed by atoms with van der Waals surface area (Å²) < 4.78 is 5.84. The highest BCUT2D eigenvalue weighted by Crippen LogP contribution is 2.35. The first kappa shape index (κ1) is 9.60. The summed E-state index contributed by atoms with van der Waals surface area (Å²) in [6.45, 7) is 0. The molecule has 16 heavy (non-hydrogen) atoms. The van der Waals surface area contributed by atoms with Crippen molar-refractivity contribution >= 4 is 17.1 Å². The predicted molar refractivity (Wildman–Crippen MR) is 63.1 cm³/mol. The summed E-state index contributed by atoms with van der Waals surface area (Å²) in [6.07, 6.45) is 0.333. The van der Waals surface area contributed by atoms with Gasteiger partial charge in [0, 0.05) is 4.88 Å². The molecular formula is C13H10O2S. The van der Waals surface area contributed by atoms with Crippen molar-refractivity contribution in [1.82, 2.24) is 0 Å². The van der Waals surface area contributed by atoms with E-state index in [2.05, 4.69) is 0 Å². The molecule has 3 rings (SSSR count). The number of ether oxygens (including phenoxy) is 1. The largest absolute Gasteiger partial charge is 0.484 e. The minimum Gasteiger partial charge on any atom is -0.484 e. The molecule has 2 heterocycles. The lowest BCUT2D eigenvalue weighted by molar-refractivity contribution is 0.0854. The van der Waals surface area contributed by atoms with Crippen LogP contribution in [-0.2, 0) is 0 Å². The second-order valence-corrected chi connectivity index (χ2v) is 4.72. The number of fused-ring (bicyclic) bond motifs is 1. The van der Waals surface area contributed by atoms with Gasteiger partial charge < -0.3 is 4.74 Å². The van der Waals surface area contributed by atoms with Crippen LogP contribution in [0.1, 0.15) is 27.8 Å². The summed E-state index contributed by atoms with van der Waals surface area (Å²) in [5.74, 6) is 0.873. The topological polar surface area (TPSA) is 26.3 Å². The summed E-state index contributed by atoms with van der Waals surface area (Å²) in [6, 6.07) is 11.4. The highest BCUT2D eigenvalue weighted by Gasteiger charge is 2.27. The molecule has 0 saturated carbocycles. The molecule has 1 aliphatic heterocycles. The van der Waals surface area contributed by atoms with Crippen LogP contribution in [0.15, 0.2) is 41.8 Å². The van der Waals surface area contributed by atoms with Gasteiger partial charge in [-0.1, -0.05) is 18.2 Å². The van der Waals surface area contributed by atoms with Gasteiger partial charge in [-0.25, -0.2) is 0 Å². The minimum absolute atomic E-state index is 0.109. The number of para-hydroxylation sites is 1. The van der Waals surface area contributed by atoms with Gasteiger partial charge in [0.15, 0.2) is 5.78 Å². The first-order valence-electron chi connectivity index (χ1n) is 5.17. The molecule has 0 unspecified atom stereocenters. The van der Waals surface area contributed by atoms with E-state index < -0.39 is 0 Å². The van der Waals surface area contributed by atoms with Gasteiger partial charge in [-0.15, -0.1) is 11.3 Å². The van der Waals surface area contributed by atoms with Crippen LogP contribution in [0, 0.1) is 0 Å². The molecular weight excluding hydrogens is 220 g/mol. The Hall–Kier alpha value is -1.61.